The number of carbonyl (C=O) groups is 1. The van der Waals surface area contributed by atoms with Crippen LogP contribution in [0, 0.1) is 6.92 Å². The fourth-order valence-electron chi connectivity index (χ4n) is 0.847. The van der Waals surface area contributed by atoms with Crippen LogP contribution in [0.2, 0.25) is 5.02 Å². The lowest BCUT2D eigenvalue weighted by Crippen LogP contribution is -2.04. The van der Waals surface area contributed by atoms with Gasteiger partial charge in [-0.1, -0.05) is 11.6 Å². The lowest BCUT2D eigenvalue weighted by Gasteiger charge is -2.04. The van der Waals surface area contributed by atoms with E-state index >= 15 is 0 Å². The predicted molar refractivity (Wildman–Crippen MR) is 52.5 cm³/mol. The largest absolute Gasteiger partial charge is 0.484 e. The first-order valence-corrected chi connectivity index (χ1v) is 4.42. The number of ether oxygens (including phenoxy) is 1. The molecule has 0 aliphatic carbocycles. The van der Waals surface area contributed by atoms with E-state index in [0.29, 0.717) is 10.8 Å². The van der Waals surface area contributed by atoms with Crippen LogP contribution in [0.25, 0.3) is 0 Å². The molecule has 4 heteroatoms. The Morgan fingerprint density at radius 2 is 2.23 bits per heavy atom. The average molecular weight is 219 g/mol. The maximum Gasteiger partial charge on any atom is 0.259 e. The van der Waals surface area contributed by atoms with E-state index in [2.05, 4.69) is 0 Å². The van der Waals surface area contributed by atoms with Crippen LogP contribution in [-0.4, -0.2) is 11.8 Å². The molecule has 0 aliphatic rings. The molecule has 70 valence electrons. The summed E-state index contributed by atoms with van der Waals surface area (Å²) in [6.07, 6.45) is 0. The van der Waals surface area contributed by atoms with Gasteiger partial charge in [0.05, 0.1) is 0 Å². The van der Waals surface area contributed by atoms with Gasteiger partial charge in [-0.05, 0) is 42.3 Å². The molecule has 13 heavy (non-hydrogen) atoms. The summed E-state index contributed by atoms with van der Waals surface area (Å²) in [7, 11) is 0. The van der Waals surface area contributed by atoms with Gasteiger partial charge in [0.1, 0.15) is 5.75 Å². The molecule has 1 aromatic rings. The number of hydrogen-bond acceptors (Lipinski definition) is 2. The third-order valence-corrected chi connectivity index (χ3v) is 2.01. The summed E-state index contributed by atoms with van der Waals surface area (Å²) in [5.74, 6) is 0.593. The summed E-state index contributed by atoms with van der Waals surface area (Å²) in [5.41, 5.74) is 0.904. The van der Waals surface area contributed by atoms with Gasteiger partial charge in [-0.25, -0.2) is 0 Å². The van der Waals surface area contributed by atoms with Crippen LogP contribution < -0.4 is 4.74 Å². The maximum absolute atomic E-state index is 10.4. The second kappa shape index (κ2) is 4.49. The van der Waals surface area contributed by atoms with E-state index in [1.54, 1.807) is 18.2 Å². The Labute approximate surface area is 86.4 Å². The fourth-order valence-corrected chi connectivity index (χ4v) is 1.02. The number of hydrogen-bond donors (Lipinski definition) is 0. The minimum Gasteiger partial charge on any atom is -0.484 e. The van der Waals surface area contributed by atoms with Crippen molar-refractivity contribution in [2.24, 2.45) is 0 Å². The lowest BCUT2D eigenvalue weighted by molar-refractivity contribution is -0.113. The Hall–Kier alpha value is -0.730. The summed E-state index contributed by atoms with van der Waals surface area (Å²) in [6, 6.07) is 5.16. The highest BCUT2D eigenvalue weighted by Gasteiger charge is 2.00. The van der Waals surface area contributed by atoms with Crippen molar-refractivity contribution >= 4 is 28.4 Å². The summed E-state index contributed by atoms with van der Waals surface area (Å²) < 4.78 is 5.06. The van der Waals surface area contributed by atoms with Crippen LogP contribution >= 0.6 is 23.2 Å². The Balaban J connectivity index is 2.68. The second-order valence-corrected chi connectivity index (χ2v) is 3.38. The molecule has 0 radical (unpaired) electrons. The number of aryl methyl sites for hydroxylation is 1. The highest BCUT2D eigenvalue weighted by molar-refractivity contribution is 6.63. The second-order valence-electron chi connectivity index (χ2n) is 2.55. The zero-order valence-electron chi connectivity index (χ0n) is 7.01. The quantitative estimate of drug-likeness (QED) is 0.730. The van der Waals surface area contributed by atoms with Gasteiger partial charge in [-0.2, -0.15) is 0 Å². The molecule has 0 N–H and O–H groups in total. The van der Waals surface area contributed by atoms with Gasteiger partial charge in [0.2, 0.25) is 0 Å². The number of benzene rings is 1. The maximum atomic E-state index is 10.4. The standard InChI is InChI=1S/C9H8Cl2O2/c1-6-4-7(2-3-8(6)10)13-5-9(11)12/h2-4H,5H2,1H3. The molecule has 0 fully saturated rings. The summed E-state index contributed by atoms with van der Waals surface area (Å²) >= 11 is 10.9. The van der Waals surface area contributed by atoms with E-state index in [1.165, 1.54) is 0 Å². The van der Waals surface area contributed by atoms with Gasteiger partial charge < -0.3 is 4.74 Å². The van der Waals surface area contributed by atoms with Gasteiger partial charge in [0, 0.05) is 5.02 Å². The van der Waals surface area contributed by atoms with Crippen LogP contribution in [0.15, 0.2) is 18.2 Å². The van der Waals surface area contributed by atoms with Crippen LogP contribution in [0.4, 0.5) is 0 Å². The summed E-state index contributed by atoms with van der Waals surface area (Å²) in [6.45, 7) is 1.74. The molecule has 0 unspecified atom stereocenters. The molecule has 1 rings (SSSR count). The van der Waals surface area contributed by atoms with Crippen LogP contribution in [-0.2, 0) is 4.79 Å². The molecule has 2 nitrogen and oxygen atoms in total. The van der Waals surface area contributed by atoms with Gasteiger partial charge >= 0.3 is 0 Å². The number of halogens is 2. The van der Waals surface area contributed by atoms with Crippen molar-refractivity contribution in [1.82, 2.24) is 0 Å². The Kier molecular flexibility index (Phi) is 3.58. The molecular formula is C9H8Cl2O2. The molecule has 0 amide bonds. The fraction of sp³-hybridized carbons (Fsp3) is 0.222. The molecule has 0 aliphatic heterocycles. The molecule has 0 saturated heterocycles. The molecule has 0 atom stereocenters. The van der Waals surface area contributed by atoms with E-state index in [0.717, 1.165) is 5.56 Å². The van der Waals surface area contributed by atoms with Crippen molar-refractivity contribution in [3.63, 3.8) is 0 Å². The molecule has 0 bridgehead atoms. The minimum atomic E-state index is -0.521. The average Bonchev–Trinajstić information content (AvgIpc) is 2.07. The van der Waals surface area contributed by atoms with Gasteiger partial charge in [-0.3, -0.25) is 4.79 Å². The summed E-state index contributed by atoms with van der Waals surface area (Å²) in [5, 5.41) is 0.150. The first-order chi connectivity index (χ1) is 6.09. The SMILES string of the molecule is Cc1cc(OCC(=O)Cl)ccc1Cl. The van der Waals surface area contributed by atoms with E-state index in [4.69, 9.17) is 27.9 Å². The highest BCUT2D eigenvalue weighted by Crippen LogP contribution is 2.20. The molecule has 1 aromatic carbocycles. The van der Waals surface area contributed by atoms with Crippen molar-refractivity contribution in [3.8, 4) is 5.75 Å². The van der Waals surface area contributed by atoms with Gasteiger partial charge in [0.25, 0.3) is 5.24 Å². The smallest absolute Gasteiger partial charge is 0.259 e. The molecule has 0 heterocycles. The van der Waals surface area contributed by atoms with E-state index in [1.807, 2.05) is 6.92 Å². The highest BCUT2D eigenvalue weighted by atomic mass is 35.5. The van der Waals surface area contributed by atoms with Crippen molar-refractivity contribution in [1.29, 1.82) is 0 Å². The number of rotatable bonds is 3. The van der Waals surface area contributed by atoms with E-state index in [9.17, 15) is 4.79 Å². The topological polar surface area (TPSA) is 26.3 Å². The van der Waals surface area contributed by atoms with Crippen molar-refractivity contribution in [3.05, 3.63) is 28.8 Å². The molecule has 0 aromatic heterocycles. The van der Waals surface area contributed by atoms with Gasteiger partial charge in [-0.15, -0.1) is 0 Å². The zero-order valence-corrected chi connectivity index (χ0v) is 8.52. The molecule has 0 spiro atoms. The number of carbonyl (C=O) groups excluding carboxylic acids is 1. The minimum absolute atomic E-state index is 0.122. The van der Waals surface area contributed by atoms with E-state index < -0.39 is 5.24 Å². The van der Waals surface area contributed by atoms with Crippen LogP contribution in [0.3, 0.4) is 0 Å². The third-order valence-electron chi connectivity index (χ3n) is 1.48. The Bertz CT molecular complexity index is 323. The van der Waals surface area contributed by atoms with Gasteiger partial charge in [0.15, 0.2) is 6.61 Å². The first-order valence-electron chi connectivity index (χ1n) is 3.67. The first kappa shape index (κ1) is 10.4. The zero-order chi connectivity index (χ0) is 9.84. The lowest BCUT2D eigenvalue weighted by atomic mass is 10.2. The molecular weight excluding hydrogens is 211 g/mol. The van der Waals surface area contributed by atoms with Crippen molar-refractivity contribution < 1.29 is 9.53 Å². The summed E-state index contributed by atoms with van der Waals surface area (Å²) in [4.78, 5) is 10.4. The third kappa shape index (κ3) is 3.25. The van der Waals surface area contributed by atoms with Crippen molar-refractivity contribution in [2.45, 2.75) is 6.92 Å². The Morgan fingerprint density at radius 1 is 1.54 bits per heavy atom. The normalized spacial score (nSPS) is 9.77. The van der Waals surface area contributed by atoms with Crippen LogP contribution in [0.5, 0.6) is 5.75 Å². The predicted octanol–water partition coefficient (Wildman–Crippen LogP) is 2.79. The Morgan fingerprint density at radius 3 is 2.77 bits per heavy atom. The molecule has 0 saturated carbocycles. The van der Waals surface area contributed by atoms with Crippen molar-refractivity contribution in [2.75, 3.05) is 6.61 Å². The van der Waals surface area contributed by atoms with E-state index in [-0.39, 0.29) is 6.61 Å². The monoisotopic (exact) mass is 218 g/mol. The van der Waals surface area contributed by atoms with Crippen LogP contribution in [0.1, 0.15) is 5.56 Å².